The van der Waals surface area contributed by atoms with Crippen molar-refractivity contribution in [2.24, 2.45) is 5.92 Å². The number of aromatic nitrogens is 3. The number of carbonyl (C=O) groups is 2. The molecule has 2 N–H and O–H groups in total. The molecule has 2 heterocycles. The summed E-state index contributed by atoms with van der Waals surface area (Å²) in [5, 5.41) is 15.1. The van der Waals surface area contributed by atoms with E-state index in [0.29, 0.717) is 29.3 Å². The molecule has 3 rings (SSSR count). The van der Waals surface area contributed by atoms with E-state index in [2.05, 4.69) is 25.6 Å². The molecule has 0 radical (unpaired) electrons. The zero-order valence-electron chi connectivity index (χ0n) is 15.7. The molecule has 9 nitrogen and oxygen atoms in total. The number of hydrogen-bond acceptors (Lipinski definition) is 8. The van der Waals surface area contributed by atoms with Crippen molar-refractivity contribution in [1.82, 2.24) is 19.9 Å². The Bertz CT molecular complexity index is 901. The fraction of sp³-hybridized carbons (Fsp3) is 0.368. The minimum atomic E-state index is -0.481. The maximum Gasteiger partial charge on any atom is 0.228 e. The first-order chi connectivity index (χ1) is 13.5. The minimum absolute atomic E-state index is 0.0330. The van der Waals surface area contributed by atoms with Crippen LogP contribution in [0.15, 0.2) is 24.7 Å². The van der Waals surface area contributed by atoms with Crippen molar-refractivity contribution < 1.29 is 9.59 Å². The topological polar surface area (TPSA) is 124 Å². The van der Waals surface area contributed by atoms with E-state index < -0.39 is 6.04 Å². The van der Waals surface area contributed by atoms with Crippen LogP contribution in [0, 0.1) is 17.2 Å². The highest BCUT2D eigenvalue weighted by Crippen LogP contribution is 2.30. The van der Waals surface area contributed by atoms with Gasteiger partial charge in [-0.05, 0) is 33.0 Å². The first-order valence-corrected chi connectivity index (χ1v) is 8.90. The van der Waals surface area contributed by atoms with Gasteiger partial charge in [-0.15, -0.1) is 0 Å². The third-order valence-electron chi connectivity index (χ3n) is 4.21. The van der Waals surface area contributed by atoms with E-state index in [1.54, 1.807) is 6.07 Å². The number of amides is 1. The number of rotatable bonds is 8. The van der Waals surface area contributed by atoms with Crippen molar-refractivity contribution in [2.45, 2.75) is 18.9 Å². The Kier molecular flexibility index (Phi) is 5.91. The second-order valence-electron chi connectivity index (χ2n) is 6.93. The molecule has 1 amide bonds. The maximum absolute atomic E-state index is 11.8. The van der Waals surface area contributed by atoms with Gasteiger partial charge in [0.05, 0.1) is 29.8 Å². The van der Waals surface area contributed by atoms with Crippen LogP contribution in [-0.2, 0) is 9.59 Å². The highest BCUT2D eigenvalue weighted by molar-refractivity contribution is 5.93. The quantitative estimate of drug-likeness (QED) is 0.658. The van der Waals surface area contributed by atoms with E-state index in [4.69, 9.17) is 0 Å². The van der Waals surface area contributed by atoms with Gasteiger partial charge in [-0.1, -0.05) is 0 Å². The normalized spacial score (nSPS) is 14.2. The third kappa shape index (κ3) is 4.86. The van der Waals surface area contributed by atoms with Gasteiger partial charge in [0.15, 0.2) is 11.5 Å². The molecule has 144 valence electrons. The zero-order valence-corrected chi connectivity index (χ0v) is 15.7. The van der Waals surface area contributed by atoms with Crippen LogP contribution in [0.5, 0.6) is 0 Å². The Labute approximate surface area is 162 Å². The Morgan fingerprint density at radius 3 is 2.68 bits per heavy atom. The predicted molar refractivity (Wildman–Crippen MR) is 103 cm³/mol. The van der Waals surface area contributed by atoms with Gasteiger partial charge in [-0.25, -0.2) is 9.97 Å². The number of aldehydes is 1. The second kappa shape index (κ2) is 8.54. The molecule has 1 atom stereocenters. The molecule has 1 fully saturated rings. The summed E-state index contributed by atoms with van der Waals surface area (Å²) < 4.78 is 0. The van der Waals surface area contributed by atoms with Crippen LogP contribution in [0.1, 0.15) is 18.5 Å². The van der Waals surface area contributed by atoms with Crippen LogP contribution >= 0.6 is 0 Å². The van der Waals surface area contributed by atoms with Crippen molar-refractivity contribution in [3.63, 3.8) is 0 Å². The number of nitrogens with zero attached hydrogens (tertiary/aromatic N) is 5. The fourth-order valence-electron chi connectivity index (χ4n) is 2.64. The summed E-state index contributed by atoms with van der Waals surface area (Å²) in [4.78, 5) is 37.7. The molecule has 28 heavy (non-hydrogen) atoms. The fourth-order valence-corrected chi connectivity index (χ4v) is 2.64. The summed E-state index contributed by atoms with van der Waals surface area (Å²) in [6.45, 7) is 0.480. The molecule has 1 aliphatic carbocycles. The highest BCUT2D eigenvalue weighted by atomic mass is 16.2. The van der Waals surface area contributed by atoms with Gasteiger partial charge in [-0.2, -0.15) is 5.26 Å². The van der Waals surface area contributed by atoms with Crippen LogP contribution in [0.4, 0.5) is 11.5 Å². The number of likely N-dealkylation sites (N-methyl/N-ethyl adjacent to an activating group) is 1. The number of anilines is 2. The molecule has 0 aliphatic heterocycles. The van der Waals surface area contributed by atoms with Gasteiger partial charge < -0.3 is 20.3 Å². The standard InChI is InChI=1S/C19H21N7O2/c1-26(2)10-14(11-27)24-15-5-13(7-21-16(15)6-20)17-8-23-18(9-22-17)25-19(28)12-3-4-12/h5,7-9,11-12,14,24H,3-4,10H2,1-2H3,(H,23,25,28)/t14-/m1/s1. The number of nitrogens with one attached hydrogen (secondary N) is 2. The van der Waals surface area contributed by atoms with Gasteiger partial charge in [0.2, 0.25) is 5.91 Å². The molecule has 0 bridgehead atoms. The van der Waals surface area contributed by atoms with Gasteiger partial charge in [0.1, 0.15) is 12.4 Å². The largest absolute Gasteiger partial charge is 0.372 e. The van der Waals surface area contributed by atoms with Gasteiger partial charge in [0.25, 0.3) is 0 Å². The number of pyridine rings is 1. The van der Waals surface area contributed by atoms with Gasteiger partial charge in [-0.3, -0.25) is 9.78 Å². The molecule has 2 aromatic heterocycles. The van der Waals surface area contributed by atoms with Gasteiger partial charge in [0, 0.05) is 24.2 Å². The van der Waals surface area contributed by atoms with Crippen molar-refractivity contribution in [1.29, 1.82) is 5.26 Å². The molecule has 1 aliphatic rings. The van der Waals surface area contributed by atoms with E-state index in [1.807, 2.05) is 25.1 Å². The molecule has 2 aromatic rings. The van der Waals surface area contributed by atoms with Crippen molar-refractivity contribution >= 4 is 23.7 Å². The van der Waals surface area contributed by atoms with E-state index in [9.17, 15) is 14.9 Å². The van der Waals surface area contributed by atoms with Crippen LogP contribution in [0.3, 0.4) is 0 Å². The molecule has 0 aromatic carbocycles. The second-order valence-corrected chi connectivity index (χ2v) is 6.93. The summed E-state index contributed by atoms with van der Waals surface area (Å²) in [6.07, 6.45) is 7.18. The first kappa shape index (κ1) is 19.4. The predicted octanol–water partition coefficient (Wildman–Crippen LogP) is 1.30. The number of hydrogen-bond donors (Lipinski definition) is 2. The lowest BCUT2D eigenvalue weighted by molar-refractivity contribution is -0.117. The SMILES string of the molecule is CN(C)C[C@H](C=O)Nc1cc(-c2cnc(NC(=O)C3CC3)cn2)cnc1C#N. The van der Waals surface area contributed by atoms with Gasteiger partial charge >= 0.3 is 0 Å². The summed E-state index contributed by atoms with van der Waals surface area (Å²) >= 11 is 0. The zero-order chi connectivity index (χ0) is 20.1. The molecule has 9 heteroatoms. The van der Waals surface area contributed by atoms with Crippen LogP contribution in [-0.4, -0.2) is 58.7 Å². The summed E-state index contributed by atoms with van der Waals surface area (Å²) in [6, 6.07) is 3.25. The van der Waals surface area contributed by atoms with Crippen molar-refractivity contribution in [3.8, 4) is 17.3 Å². The average Bonchev–Trinajstić information content (AvgIpc) is 3.53. The Morgan fingerprint density at radius 1 is 1.32 bits per heavy atom. The molecule has 0 spiro atoms. The molecular formula is C19H21N7O2. The van der Waals surface area contributed by atoms with Crippen LogP contribution in [0.2, 0.25) is 0 Å². The van der Waals surface area contributed by atoms with Crippen LogP contribution < -0.4 is 10.6 Å². The number of nitriles is 1. The molecule has 0 unspecified atom stereocenters. The van der Waals surface area contributed by atoms with E-state index in [0.717, 1.165) is 19.1 Å². The Hall–Kier alpha value is -3.38. The smallest absolute Gasteiger partial charge is 0.228 e. The summed E-state index contributed by atoms with van der Waals surface area (Å²) in [5.41, 5.74) is 1.82. The lowest BCUT2D eigenvalue weighted by atomic mass is 10.1. The van der Waals surface area contributed by atoms with E-state index in [1.165, 1.54) is 18.6 Å². The maximum atomic E-state index is 11.8. The molecule has 0 saturated heterocycles. The number of carbonyl (C=O) groups excluding carboxylic acids is 2. The minimum Gasteiger partial charge on any atom is -0.372 e. The summed E-state index contributed by atoms with van der Waals surface area (Å²) in [5.74, 6) is 0.452. The van der Waals surface area contributed by atoms with Crippen molar-refractivity contribution in [2.75, 3.05) is 31.3 Å². The Balaban J connectivity index is 1.79. The average molecular weight is 379 g/mol. The molecular weight excluding hydrogens is 358 g/mol. The summed E-state index contributed by atoms with van der Waals surface area (Å²) in [7, 11) is 3.72. The van der Waals surface area contributed by atoms with Crippen LogP contribution in [0.25, 0.3) is 11.3 Å². The lowest BCUT2D eigenvalue weighted by Crippen LogP contribution is -2.33. The Morgan fingerprint density at radius 2 is 2.11 bits per heavy atom. The first-order valence-electron chi connectivity index (χ1n) is 8.90. The van der Waals surface area contributed by atoms with Crippen molar-refractivity contribution in [3.05, 3.63) is 30.4 Å². The van der Waals surface area contributed by atoms with E-state index >= 15 is 0 Å². The third-order valence-corrected chi connectivity index (χ3v) is 4.21. The molecule has 1 saturated carbocycles. The van der Waals surface area contributed by atoms with E-state index in [-0.39, 0.29) is 17.5 Å². The lowest BCUT2D eigenvalue weighted by Gasteiger charge is -2.19. The monoisotopic (exact) mass is 379 g/mol. The highest BCUT2D eigenvalue weighted by Gasteiger charge is 2.29.